The Morgan fingerprint density at radius 2 is 1.47 bits per heavy atom. The molecule has 2 unspecified atom stereocenters. The first-order chi connectivity index (χ1) is 14.4. The molecule has 2 aromatic carbocycles. The molecule has 152 valence electrons. The fourth-order valence-electron chi connectivity index (χ4n) is 3.79. The Morgan fingerprint density at radius 3 is 2.10 bits per heavy atom. The average Bonchev–Trinajstić information content (AvgIpc) is 3.10. The van der Waals surface area contributed by atoms with Gasteiger partial charge in [-0.3, -0.25) is 0 Å². The molecule has 0 aliphatic carbocycles. The first-order valence-corrected chi connectivity index (χ1v) is 8.80. The summed E-state index contributed by atoms with van der Waals surface area (Å²) in [7, 11) is 1.27. The summed E-state index contributed by atoms with van der Waals surface area (Å²) < 4.78 is 49.0. The van der Waals surface area contributed by atoms with Gasteiger partial charge in [0.25, 0.3) is 0 Å². The van der Waals surface area contributed by atoms with E-state index in [-0.39, 0.29) is 38.8 Å². The minimum Gasteiger partial charge on any atom is -0.507 e. The molecule has 1 aliphatic rings. The lowest BCUT2D eigenvalue weighted by Crippen LogP contribution is -2.28. The van der Waals surface area contributed by atoms with Crippen LogP contribution in [0.15, 0.2) is 54.8 Å². The molecule has 0 radical (unpaired) electrons. The van der Waals surface area contributed by atoms with Gasteiger partial charge in [0.05, 0.1) is 27.8 Å². The Labute approximate surface area is 165 Å². The largest absolute Gasteiger partial charge is 0.507 e. The van der Waals surface area contributed by atoms with Crippen molar-refractivity contribution in [2.45, 2.75) is 12.2 Å². The minimum atomic E-state index is -1.25. The third kappa shape index (κ3) is 2.52. The van der Waals surface area contributed by atoms with Crippen molar-refractivity contribution in [2.24, 2.45) is 0 Å². The lowest BCUT2D eigenvalue weighted by Gasteiger charge is -2.17. The summed E-state index contributed by atoms with van der Waals surface area (Å²) in [6, 6.07) is 6.78. The maximum atomic E-state index is 13.8. The quantitative estimate of drug-likeness (QED) is 0.502. The molecule has 0 saturated heterocycles. The molecule has 2 atom stereocenters. The maximum absolute atomic E-state index is 13.8. The van der Waals surface area contributed by atoms with E-state index in [2.05, 4.69) is 0 Å². The molecule has 9 heteroatoms. The molecule has 4 aromatic rings. The van der Waals surface area contributed by atoms with Crippen LogP contribution in [-0.2, 0) is 4.74 Å². The summed E-state index contributed by atoms with van der Waals surface area (Å²) in [5, 5.41) is 10.9. The van der Waals surface area contributed by atoms with Gasteiger partial charge in [-0.2, -0.15) is 0 Å². The van der Waals surface area contributed by atoms with E-state index in [1.807, 2.05) is 0 Å². The Balaban J connectivity index is 1.85. The summed E-state index contributed by atoms with van der Waals surface area (Å²) in [6.07, 6.45) is -1.23. The van der Waals surface area contributed by atoms with Gasteiger partial charge in [0.15, 0.2) is 0 Å². The third-order valence-corrected chi connectivity index (χ3v) is 5.09. The number of rotatable bonds is 2. The molecule has 1 N–H and O–H groups in total. The number of hydrogen-bond acceptors (Lipinski definition) is 7. The van der Waals surface area contributed by atoms with E-state index in [0.29, 0.717) is 0 Å². The van der Waals surface area contributed by atoms with Gasteiger partial charge in [-0.05, 0) is 36.4 Å². The molecule has 0 bridgehead atoms. The van der Waals surface area contributed by atoms with Crippen LogP contribution in [0.3, 0.4) is 0 Å². The smallest absolute Gasteiger partial charge is 0.344 e. The molecule has 0 saturated carbocycles. The first kappa shape index (κ1) is 18.3. The van der Waals surface area contributed by atoms with Gasteiger partial charge in [-0.1, -0.05) is 0 Å². The number of ether oxygens (including phenoxy) is 2. The predicted octanol–water partition coefficient (Wildman–Crippen LogP) is 3.38. The topological polar surface area (TPSA) is 99.1 Å². The maximum Gasteiger partial charge on any atom is 0.344 e. The van der Waals surface area contributed by atoms with Gasteiger partial charge in [-0.25, -0.2) is 18.4 Å². The normalized spacial score (nSPS) is 18.0. The second kappa shape index (κ2) is 6.39. The SMILES string of the molecule is COC1Oc2c(c(=O)oc3ccc(F)cc23)C1c1c(O)c2cc(F)ccc2oc1=O. The van der Waals surface area contributed by atoms with E-state index in [0.717, 1.165) is 24.3 Å². The lowest BCUT2D eigenvalue weighted by atomic mass is 9.92. The second-order valence-corrected chi connectivity index (χ2v) is 6.76. The molecule has 1 aliphatic heterocycles. The van der Waals surface area contributed by atoms with Crippen molar-refractivity contribution in [3.8, 4) is 11.5 Å². The van der Waals surface area contributed by atoms with Gasteiger partial charge in [0, 0.05) is 7.11 Å². The molecule has 2 aromatic heterocycles. The van der Waals surface area contributed by atoms with Crippen molar-refractivity contribution < 1.29 is 32.2 Å². The molecule has 30 heavy (non-hydrogen) atoms. The number of hydrogen-bond donors (Lipinski definition) is 1. The van der Waals surface area contributed by atoms with E-state index in [1.54, 1.807) is 0 Å². The number of benzene rings is 2. The van der Waals surface area contributed by atoms with E-state index in [9.17, 15) is 23.5 Å². The molecular formula is C21H12F2O7. The zero-order valence-electron chi connectivity index (χ0n) is 15.3. The molecule has 5 rings (SSSR count). The van der Waals surface area contributed by atoms with Gasteiger partial charge in [-0.15, -0.1) is 0 Å². The Bertz CT molecular complexity index is 1450. The highest BCUT2D eigenvalue weighted by Gasteiger charge is 2.44. The van der Waals surface area contributed by atoms with Gasteiger partial charge >= 0.3 is 11.3 Å². The summed E-state index contributed by atoms with van der Waals surface area (Å²) in [6.45, 7) is 0. The van der Waals surface area contributed by atoms with Crippen LogP contribution >= 0.6 is 0 Å². The van der Waals surface area contributed by atoms with Crippen LogP contribution in [0.1, 0.15) is 17.0 Å². The highest BCUT2D eigenvalue weighted by molar-refractivity contribution is 5.87. The molecule has 3 heterocycles. The van der Waals surface area contributed by atoms with E-state index < -0.39 is 40.8 Å². The van der Waals surface area contributed by atoms with Crippen LogP contribution in [0.2, 0.25) is 0 Å². The van der Waals surface area contributed by atoms with E-state index >= 15 is 0 Å². The molecule has 0 amide bonds. The molecule has 7 nitrogen and oxygen atoms in total. The Morgan fingerprint density at radius 1 is 0.900 bits per heavy atom. The van der Waals surface area contributed by atoms with Crippen LogP contribution in [0.4, 0.5) is 8.78 Å². The monoisotopic (exact) mass is 414 g/mol. The van der Waals surface area contributed by atoms with E-state index in [4.69, 9.17) is 18.3 Å². The van der Waals surface area contributed by atoms with Crippen LogP contribution in [0, 0.1) is 11.6 Å². The second-order valence-electron chi connectivity index (χ2n) is 6.76. The van der Waals surface area contributed by atoms with Crippen LogP contribution in [0.5, 0.6) is 11.5 Å². The van der Waals surface area contributed by atoms with Crippen molar-refractivity contribution in [2.75, 3.05) is 7.11 Å². The summed E-state index contributed by atoms with van der Waals surface area (Å²) >= 11 is 0. The Kier molecular flexibility index (Phi) is 3.90. The van der Waals surface area contributed by atoms with Crippen molar-refractivity contribution in [1.29, 1.82) is 0 Å². The average molecular weight is 414 g/mol. The van der Waals surface area contributed by atoms with Gasteiger partial charge in [0.1, 0.15) is 34.3 Å². The van der Waals surface area contributed by atoms with Crippen LogP contribution in [0.25, 0.3) is 21.9 Å². The van der Waals surface area contributed by atoms with E-state index in [1.165, 1.54) is 19.2 Å². The van der Waals surface area contributed by atoms with Crippen molar-refractivity contribution >= 4 is 21.9 Å². The fourth-order valence-corrected chi connectivity index (χ4v) is 3.79. The van der Waals surface area contributed by atoms with Gasteiger partial charge in [0.2, 0.25) is 6.29 Å². The fraction of sp³-hybridized carbons (Fsp3) is 0.143. The highest BCUT2D eigenvalue weighted by atomic mass is 19.1. The van der Waals surface area contributed by atoms with Gasteiger partial charge < -0.3 is 23.4 Å². The van der Waals surface area contributed by atoms with Crippen molar-refractivity contribution in [3.05, 3.63) is 80.0 Å². The minimum absolute atomic E-state index is 0.0317. The zero-order valence-corrected chi connectivity index (χ0v) is 15.3. The molecule has 0 fully saturated rings. The standard InChI is InChI=1S/C21H12F2O7/c1-27-21-14(15-17(24)10-6-8(22)2-4-12(10)28-19(15)25)16-18(30-21)11-7-9(23)3-5-13(11)29-20(16)26/h2-7,14,21,24H,1H3. The van der Waals surface area contributed by atoms with Crippen LogP contribution < -0.4 is 16.0 Å². The number of methoxy groups -OCH3 is 1. The Hall–Kier alpha value is -3.72. The number of halogens is 2. The number of fused-ring (bicyclic) bond motifs is 4. The van der Waals surface area contributed by atoms with Crippen molar-refractivity contribution in [1.82, 2.24) is 0 Å². The summed E-state index contributed by atoms with van der Waals surface area (Å²) in [4.78, 5) is 25.4. The number of aromatic hydroxyl groups is 1. The first-order valence-electron chi connectivity index (χ1n) is 8.80. The zero-order chi connectivity index (χ0) is 21.2. The summed E-state index contributed by atoms with van der Waals surface area (Å²) in [5.41, 5.74) is -2.28. The lowest BCUT2D eigenvalue weighted by molar-refractivity contribution is -0.0472. The molecular weight excluding hydrogens is 402 g/mol. The predicted molar refractivity (Wildman–Crippen MR) is 99.8 cm³/mol. The molecule has 0 spiro atoms. The van der Waals surface area contributed by atoms with Crippen molar-refractivity contribution in [3.63, 3.8) is 0 Å². The highest BCUT2D eigenvalue weighted by Crippen LogP contribution is 2.46. The summed E-state index contributed by atoms with van der Waals surface area (Å²) in [5.74, 6) is -3.12. The van der Waals surface area contributed by atoms with Crippen LogP contribution in [-0.4, -0.2) is 18.5 Å². The third-order valence-electron chi connectivity index (χ3n) is 5.09.